The van der Waals surface area contributed by atoms with E-state index in [1.54, 1.807) is 0 Å². The van der Waals surface area contributed by atoms with E-state index in [4.69, 9.17) is 4.74 Å². The second-order valence-electron chi connectivity index (χ2n) is 10.4. The van der Waals surface area contributed by atoms with Gasteiger partial charge in [-0.15, -0.1) is 0 Å². The summed E-state index contributed by atoms with van der Waals surface area (Å²) in [5.74, 6) is 1.05. The number of hydrogen-bond donors (Lipinski definition) is 1. The van der Waals surface area contributed by atoms with Crippen LogP contribution in [0.25, 0.3) is 0 Å². The van der Waals surface area contributed by atoms with Crippen LogP contribution in [0.3, 0.4) is 0 Å². The first-order valence-corrected chi connectivity index (χ1v) is 9.42. The van der Waals surface area contributed by atoms with E-state index < -0.39 is 11.0 Å². The molecule has 0 aromatic carbocycles. The minimum absolute atomic E-state index is 0.0412. The third-order valence-electron chi connectivity index (χ3n) is 6.48. The third-order valence-corrected chi connectivity index (χ3v) is 6.48. The van der Waals surface area contributed by atoms with Gasteiger partial charge >= 0.3 is 5.97 Å². The quantitative estimate of drug-likeness (QED) is 0.777. The molecule has 4 fully saturated rings. The Morgan fingerprint density at radius 3 is 2.13 bits per heavy atom. The fourth-order valence-electron chi connectivity index (χ4n) is 6.08. The molecule has 4 rings (SSSR count). The molecule has 0 aliphatic heterocycles. The highest BCUT2D eigenvalue weighted by Gasteiger charge is 2.59. The van der Waals surface area contributed by atoms with Crippen LogP contribution in [0, 0.1) is 22.7 Å². The lowest BCUT2D eigenvalue weighted by Crippen LogP contribution is -2.61. The zero-order chi connectivity index (χ0) is 17.1. The van der Waals surface area contributed by atoms with Crippen LogP contribution in [0.1, 0.15) is 86.0 Å². The molecule has 3 nitrogen and oxygen atoms in total. The molecule has 3 atom stereocenters. The van der Waals surface area contributed by atoms with Gasteiger partial charge in [0.15, 0.2) is 0 Å². The minimum atomic E-state index is -0.572. The van der Waals surface area contributed by atoms with Crippen LogP contribution in [-0.2, 0) is 9.53 Å². The zero-order valence-corrected chi connectivity index (χ0v) is 15.6. The topological polar surface area (TPSA) is 46.5 Å². The molecule has 4 aliphatic carbocycles. The van der Waals surface area contributed by atoms with Gasteiger partial charge in [-0.3, -0.25) is 4.79 Å². The van der Waals surface area contributed by atoms with Crippen molar-refractivity contribution in [3.05, 3.63) is 0 Å². The van der Waals surface area contributed by atoms with E-state index >= 15 is 0 Å². The normalized spacial score (nSPS) is 41.7. The molecule has 4 saturated carbocycles. The van der Waals surface area contributed by atoms with E-state index in [0.29, 0.717) is 18.3 Å². The van der Waals surface area contributed by atoms with Crippen molar-refractivity contribution in [3.8, 4) is 0 Å². The zero-order valence-electron chi connectivity index (χ0n) is 15.6. The highest BCUT2D eigenvalue weighted by Crippen LogP contribution is 2.59. The molecule has 4 aliphatic rings. The van der Waals surface area contributed by atoms with Crippen molar-refractivity contribution < 1.29 is 14.6 Å². The van der Waals surface area contributed by atoms with Gasteiger partial charge in [0.2, 0.25) is 0 Å². The van der Waals surface area contributed by atoms with Crippen LogP contribution < -0.4 is 0 Å². The number of carbonyl (C=O) groups is 1. The van der Waals surface area contributed by atoms with Crippen LogP contribution in [0.15, 0.2) is 0 Å². The summed E-state index contributed by atoms with van der Waals surface area (Å²) in [6, 6.07) is 0. The number of ether oxygens (including phenoxy) is 1. The molecule has 3 heteroatoms. The molecule has 0 heterocycles. The molecule has 132 valence electrons. The summed E-state index contributed by atoms with van der Waals surface area (Å²) >= 11 is 0. The minimum Gasteiger partial charge on any atom is -0.459 e. The van der Waals surface area contributed by atoms with Gasteiger partial charge in [-0.2, -0.15) is 0 Å². The molecule has 0 amide bonds. The Kier molecular flexibility index (Phi) is 3.91. The number of hydrogen-bond acceptors (Lipinski definition) is 3. The standard InChI is InChI=1S/C20H34O3/c1-6-18(5,12-17(2,3)4)16(21)23-20-10-14-7-15(11-20)9-19(22,8-14)13-20/h14-15,22H,6-13H2,1-5H3. The predicted molar refractivity (Wildman–Crippen MR) is 90.9 cm³/mol. The summed E-state index contributed by atoms with van der Waals surface area (Å²) in [6.45, 7) is 10.7. The lowest BCUT2D eigenvalue weighted by Gasteiger charge is -2.59. The largest absolute Gasteiger partial charge is 0.459 e. The van der Waals surface area contributed by atoms with E-state index in [2.05, 4.69) is 34.6 Å². The summed E-state index contributed by atoms with van der Waals surface area (Å²) < 4.78 is 6.22. The highest BCUT2D eigenvalue weighted by molar-refractivity contribution is 5.77. The van der Waals surface area contributed by atoms with Crippen molar-refractivity contribution in [2.45, 2.75) is 97.2 Å². The monoisotopic (exact) mass is 322 g/mol. The maximum Gasteiger partial charge on any atom is 0.312 e. The summed E-state index contributed by atoms with van der Waals surface area (Å²) in [4.78, 5) is 13.1. The maximum atomic E-state index is 13.1. The number of aliphatic hydroxyl groups is 1. The Hall–Kier alpha value is -0.570. The second kappa shape index (κ2) is 5.21. The van der Waals surface area contributed by atoms with E-state index in [9.17, 15) is 9.90 Å². The average molecular weight is 322 g/mol. The van der Waals surface area contributed by atoms with Crippen LogP contribution in [-0.4, -0.2) is 22.3 Å². The Morgan fingerprint density at radius 2 is 1.70 bits per heavy atom. The Balaban J connectivity index is 1.77. The molecule has 0 spiro atoms. The Bertz CT molecular complexity index is 476. The molecule has 0 aromatic rings. The van der Waals surface area contributed by atoms with Crippen LogP contribution in [0.4, 0.5) is 0 Å². The van der Waals surface area contributed by atoms with E-state index in [1.807, 2.05) is 0 Å². The Morgan fingerprint density at radius 1 is 1.13 bits per heavy atom. The van der Waals surface area contributed by atoms with Crippen molar-refractivity contribution in [2.24, 2.45) is 22.7 Å². The molecule has 1 N–H and O–H groups in total. The van der Waals surface area contributed by atoms with Crippen LogP contribution in [0.5, 0.6) is 0 Å². The first kappa shape index (κ1) is 17.3. The van der Waals surface area contributed by atoms with E-state index in [1.165, 1.54) is 6.42 Å². The fraction of sp³-hybridized carbons (Fsp3) is 0.950. The summed E-state index contributed by atoms with van der Waals surface area (Å²) in [5.41, 5.74) is -1.28. The van der Waals surface area contributed by atoms with Crippen LogP contribution >= 0.6 is 0 Å². The molecular formula is C20H34O3. The smallest absolute Gasteiger partial charge is 0.312 e. The SMILES string of the molecule is CCC(C)(CC(C)(C)C)C(=O)OC12CC3CC(CC(O)(C3)C1)C2. The van der Waals surface area contributed by atoms with Gasteiger partial charge in [0.05, 0.1) is 11.0 Å². The first-order valence-electron chi connectivity index (χ1n) is 9.42. The average Bonchev–Trinajstić information content (AvgIpc) is 2.32. The van der Waals surface area contributed by atoms with Crippen molar-refractivity contribution in [2.75, 3.05) is 0 Å². The molecule has 0 saturated heterocycles. The number of carbonyl (C=O) groups excluding carboxylic acids is 1. The second-order valence-corrected chi connectivity index (χ2v) is 10.4. The first-order chi connectivity index (χ1) is 10.5. The Labute approximate surface area is 141 Å². The summed E-state index contributed by atoms with van der Waals surface area (Å²) in [7, 11) is 0. The summed E-state index contributed by atoms with van der Waals surface area (Å²) in [5, 5.41) is 10.8. The lowest BCUT2D eigenvalue weighted by molar-refractivity contribution is -0.226. The molecule has 23 heavy (non-hydrogen) atoms. The van der Waals surface area contributed by atoms with Gasteiger partial charge in [-0.25, -0.2) is 0 Å². The predicted octanol–water partition coefficient (Wildman–Crippen LogP) is 4.47. The molecule has 0 radical (unpaired) electrons. The van der Waals surface area contributed by atoms with Crippen molar-refractivity contribution in [1.82, 2.24) is 0 Å². The van der Waals surface area contributed by atoms with Crippen molar-refractivity contribution in [3.63, 3.8) is 0 Å². The van der Waals surface area contributed by atoms with Crippen molar-refractivity contribution >= 4 is 5.97 Å². The van der Waals surface area contributed by atoms with E-state index in [-0.39, 0.29) is 17.0 Å². The molecule has 3 unspecified atom stereocenters. The van der Waals surface area contributed by atoms with Crippen molar-refractivity contribution in [1.29, 1.82) is 0 Å². The summed E-state index contributed by atoms with van der Waals surface area (Å²) in [6.07, 6.45) is 7.27. The number of esters is 1. The molecular weight excluding hydrogens is 288 g/mol. The number of rotatable bonds is 4. The van der Waals surface area contributed by atoms with Gasteiger partial charge in [-0.05, 0) is 69.1 Å². The lowest BCUT2D eigenvalue weighted by atomic mass is 9.52. The van der Waals surface area contributed by atoms with Gasteiger partial charge in [-0.1, -0.05) is 27.7 Å². The molecule has 0 aromatic heterocycles. The molecule has 4 bridgehead atoms. The van der Waals surface area contributed by atoms with E-state index in [0.717, 1.165) is 38.5 Å². The van der Waals surface area contributed by atoms with Gasteiger partial charge < -0.3 is 9.84 Å². The third kappa shape index (κ3) is 3.31. The highest BCUT2D eigenvalue weighted by atomic mass is 16.6. The van der Waals surface area contributed by atoms with Gasteiger partial charge in [0.25, 0.3) is 0 Å². The fourth-order valence-corrected chi connectivity index (χ4v) is 6.08. The van der Waals surface area contributed by atoms with Crippen LogP contribution in [0.2, 0.25) is 0 Å². The van der Waals surface area contributed by atoms with Gasteiger partial charge in [0, 0.05) is 6.42 Å². The maximum absolute atomic E-state index is 13.1. The van der Waals surface area contributed by atoms with Gasteiger partial charge in [0.1, 0.15) is 5.60 Å².